The van der Waals surface area contributed by atoms with Crippen LogP contribution in [0.15, 0.2) is 18.2 Å². The number of methoxy groups -OCH3 is 1. The fourth-order valence-corrected chi connectivity index (χ4v) is 2.15. The molecule has 1 aromatic rings. The van der Waals surface area contributed by atoms with Gasteiger partial charge in [-0.2, -0.15) is 5.26 Å². The van der Waals surface area contributed by atoms with E-state index < -0.39 is 6.10 Å². The SMILES string of the molecule is COc1cccc(C#N)c1NC(=O)C1OCCC1C. The minimum Gasteiger partial charge on any atom is -0.495 e. The lowest BCUT2D eigenvalue weighted by atomic mass is 10.0. The molecule has 1 fully saturated rings. The summed E-state index contributed by atoms with van der Waals surface area (Å²) >= 11 is 0. The van der Waals surface area contributed by atoms with Gasteiger partial charge in [-0.05, 0) is 24.5 Å². The molecule has 0 spiro atoms. The Morgan fingerprint density at radius 1 is 1.58 bits per heavy atom. The Balaban J connectivity index is 2.23. The first kappa shape index (κ1) is 13.4. The molecule has 0 aromatic heterocycles. The summed E-state index contributed by atoms with van der Waals surface area (Å²) in [4.78, 5) is 12.2. The first-order chi connectivity index (χ1) is 9.17. The quantitative estimate of drug-likeness (QED) is 0.901. The molecule has 1 aliphatic rings. The van der Waals surface area contributed by atoms with Gasteiger partial charge < -0.3 is 14.8 Å². The fourth-order valence-electron chi connectivity index (χ4n) is 2.15. The van der Waals surface area contributed by atoms with E-state index in [9.17, 15) is 4.79 Å². The molecule has 5 nitrogen and oxygen atoms in total. The Morgan fingerprint density at radius 3 is 2.95 bits per heavy atom. The Labute approximate surface area is 112 Å². The molecule has 100 valence electrons. The van der Waals surface area contributed by atoms with Gasteiger partial charge >= 0.3 is 0 Å². The van der Waals surface area contributed by atoms with Gasteiger partial charge in [0, 0.05) is 6.61 Å². The molecule has 1 saturated heterocycles. The number of rotatable bonds is 3. The van der Waals surface area contributed by atoms with E-state index in [0.717, 1.165) is 6.42 Å². The van der Waals surface area contributed by atoms with Crippen molar-refractivity contribution in [2.24, 2.45) is 5.92 Å². The third kappa shape index (κ3) is 2.69. The molecule has 2 atom stereocenters. The second kappa shape index (κ2) is 5.72. The number of nitrogens with one attached hydrogen (secondary N) is 1. The van der Waals surface area contributed by atoms with Crippen molar-refractivity contribution >= 4 is 11.6 Å². The number of ether oxygens (including phenoxy) is 2. The molecule has 1 aromatic carbocycles. The van der Waals surface area contributed by atoms with Gasteiger partial charge in [0.25, 0.3) is 5.91 Å². The molecule has 2 unspecified atom stereocenters. The summed E-state index contributed by atoms with van der Waals surface area (Å²) in [5, 5.41) is 11.8. The van der Waals surface area contributed by atoms with Crippen molar-refractivity contribution in [3.8, 4) is 11.8 Å². The molecule has 1 heterocycles. The molecule has 19 heavy (non-hydrogen) atoms. The van der Waals surface area contributed by atoms with Crippen molar-refractivity contribution in [2.45, 2.75) is 19.4 Å². The number of hydrogen-bond acceptors (Lipinski definition) is 4. The Morgan fingerprint density at radius 2 is 2.37 bits per heavy atom. The van der Waals surface area contributed by atoms with Crippen LogP contribution >= 0.6 is 0 Å². The van der Waals surface area contributed by atoms with E-state index in [1.165, 1.54) is 7.11 Å². The van der Waals surface area contributed by atoms with E-state index in [2.05, 4.69) is 5.32 Å². The van der Waals surface area contributed by atoms with Gasteiger partial charge in [0.1, 0.15) is 23.6 Å². The molecular formula is C14H16N2O3. The lowest BCUT2D eigenvalue weighted by molar-refractivity contribution is -0.126. The van der Waals surface area contributed by atoms with Crippen molar-refractivity contribution in [3.05, 3.63) is 23.8 Å². The third-order valence-electron chi connectivity index (χ3n) is 3.26. The van der Waals surface area contributed by atoms with Crippen LogP contribution in [0.1, 0.15) is 18.9 Å². The van der Waals surface area contributed by atoms with Crippen LogP contribution in [0.25, 0.3) is 0 Å². The minimum absolute atomic E-state index is 0.181. The van der Waals surface area contributed by atoms with Crippen molar-refractivity contribution in [3.63, 3.8) is 0 Å². The summed E-state index contributed by atoms with van der Waals surface area (Å²) in [6, 6.07) is 7.09. The van der Waals surface area contributed by atoms with E-state index >= 15 is 0 Å². The monoisotopic (exact) mass is 260 g/mol. The number of nitrogens with zero attached hydrogens (tertiary/aromatic N) is 1. The maximum Gasteiger partial charge on any atom is 0.253 e. The lowest BCUT2D eigenvalue weighted by Crippen LogP contribution is -2.31. The van der Waals surface area contributed by atoms with E-state index in [-0.39, 0.29) is 11.8 Å². The van der Waals surface area contributed by atoms with Crippen LogP contribution in [0.4, 0.5) is 5.69 Å². The lowest BCUT2D eigenvalue weighted by Gasteiger charge is -2.16. The standard InChI is InChI=1S/C14H16N2O3/c1-9-6-7-19-13(9)14(17)16-12-10(8-15)4-3-5-11(12)18-2/h3-5,9,13H,6-7H2,1-2H3,(H,16,17). The number of carbonyl (C=O) groups is 1. The zero-order valence-electron chi connectivity index (χ0n) is 11.0. The number of nitriles is 1. The summed E-state index contributed by atoms with van der Waals surface area (Å²) in [5.41, 5.74) is 0.776. The first-order valence-corrected chi connectivity index (χ1v) is 6.17. The normalized spacial score (nSPS) is 21.7. The van der Waals surface area contributed by atoms with Crippen LogP contribution in [0, 0.1) is 17.2 Å². The zero-order chi connectivity index (χ0) is 13.8. The highest BCUT2D eigenvalue weighted by atomic mass is 16.5. The van der Waals surface area contributed by atoms with E-state index in [1.54, 1.807) is 18.2 Å². The van der Waals surface area contributed by atoms with Crippen LogP contribution in [-0.2, 0) is 9.53 Å². The number of anilines is 1. The number of benzene rings is 1. The van der Waals surface area contributed by atoms with E-state index in [4.69, 9.17) is 14.7 Å². The van der Waals surface area contributed by atoms with Gasteiger partial charge in [0.15, 0.2) is 0 Å². The zero-order valence-corrected chi connectivity index (χ0v) is 11.0. The third-order valence-corrected chi connectivity index (χ3v) is 3.26. The Bertz CT molecular complexity index is 522. The van der Waals surface area contributed by atoms with Gasteiger partial charge in [-0.25, -0.2) is 0 Å². The molecule has 1 N–H and O–H groups in total. The molecule has 0 bridgehead atoms. The van der Waals surface area contributed by atoms with Gasteiger partial charge in [-0.15, -0.1) is 0 Å². The highest BCUT2D eigenvalue weighted by Gasteiger charge is 2.31. The molecule has 0 radical (unpaired) electrons. The number of hydrogen-bond donors (Lipinski definition) is 1. The van der Waals surface area contributed by atoms with Crippen LogP contribution in [0.3, 0.4) is 0 Å². The molecule has 1 amide bonds. The van der Waals surface area contributed by atoms with Crippen molar-refractivity contribution in [1.82, 2.24) is 0 Å². The van der Waals surface area contributed by atoms with Gasteiger partial charge in [-0.1, -0.05) is 13.0 Å². The van der Waals surface area contributed by atoms with Gasteiger partial charge in [0.2, 0.25) is 0 Å². The van der Waals surface area contributed by atoms with Crippen molar-refractivity contribution in [2.75, 3.05) is 19.0 Å². The molecule has 0 aliphatic carbocycles. The molecule has 5 heteroatoms. The Hall–Kier alpha value is -2.06. The second-order valence-corrected chi connectivity index (χ2v) is 4.54. The van der Waals surface area contributed by atoms with Crippen molar-refractivity contribution < 1.29 is 14.3 Å². The predicted molar refractivity (Wildman–Crippen MR) is 69.9 cm³/mol. The number of para-hydroxylation sites is 1. The van der Waals surface area contributed by atoms with Crippen molar-refractivity contribution in [1.29, 1.82) is 5.26 Å². The Kier molecular flexibility index (Phi) is 4.03. The smallest absolute Gasteiger partial charge is 0.253 e. The van der Waals surface area contributed by atoms with Gasteiger partial charge in [0.05, 0.1) is 12.7 Å². The first-order valence-electron chi connectivity index (χ1n) is 6.17. The second-order valence-electron chi connectivity index (χ2n) is 4.54. The van der Waals surface area contributed by atoms with Crippen LogP contribution < -0.4 is 10.1 Å². The summed E-state index contributed by atoms with van der Waals surface area (Å²) in [5.74, 6) is 0.421. The topological polar surface area (TPSA) is 71.3 Å². The summed E-state index contributed by atoms with van der Waals surface area (Å²) in [7, 11) is 1.50. The van der Waals surface area contributed by atoms with E-state index in [0.29, 0.717) is 23.6 Å². The number of carbonyl (C=O) groups excluding carboxylic acids is 1. The average molecular weight is 260 g/mol. The fraction of sp³-hybridized carbons (Fsp3) is 0.429. The minimum atomic E-state index is -0.462. The molecule has 0 saturated carbocycles. The molecule has 2 rings (SSSR count). The van der Waals surface area contributed by atoms with Gasteiger partial charge in [-0.3, -0.25) is 4.79 Å². The number of amides is 1. The highest BCUT2D eigenvalue weighted by molar-refractivity contribution is 5.97. The largest absolute Gasteiger partial charge is 0.495 e. The summed E-state index contributed by atoms with van der Waals surface area (Å²) in [6.45, 7) is 2.57. The average Bonchev–Trinajstić information content (AvgIpc) is 2.85. The van der Waals surface area contributed by atoms with E-state index in [1.807, 2.05) is 13.0 Å². The predicted octanol–water partition coefficient (Wildman–Crippen LogP) is 1.93. The molecule has 1 aliphatic heterocycles. The summed E-state index contributed by atoms with van der Waals surface area (Å²) < 4.78 is 10.6. The highest BCUT2D eigenvalue weighted by Crippen LogP contribution is 2.29. The van der Waals surface area contributed by atoms with Crippen LogP contribution in [0.2, 0.25) is 0 Å². The van der Waals surface area contributed by atoms with Crippen LogP contribution in [0.5, 0.6) is 5.75 Å². The molecular weight excluding hydrogens is 244 g/mol. The summed E-state index contributed by atoms with van der Waals surface area (Å²) in [6.07, 6.45) is 0.409. The van der Waals surface area contributed by atoms with Crippen LogP contribution in [-0.4, -0.2) is 25.7 Å². The maximum absolute atomic E-state index is 12.2. The maximum atomic E-state index is 12.2.